The van der Waals surface area contributed by atoms with Crippen molar-refractivity contribution in [3.8, 4) is 0 Å². The number of alkyl halides is 1. The SMILES string of the molecule is CCCCCCCCCCCCCCCC(F)N(O)[C@@]1(O)[C@H](O)[C@@H](CO)O[C@]1(O)n1cc(C)c(=O)[nH]c1=O. The summed E-state index contributed by atoms with van der Waals surface area (Å²) < 4.78 is 20.6. The Balaban J connectivity index is 1.90. The fourth-order valence-corrected chi connectivity index (χ4v) is 4.93. The van der Waals surface area contributed by atoms with Crippen LogP contribution in [0.15, 0.2) is 15.8 Å². The molecule has 0 saturated carbocycles. The second-order valence-corrected chi connectivity index (χ2v) is 10.4. The Labute approximate surface area is 222 Å². The minimum Gasteiger partial charge on any atom is -0.394 e. The van der Waals surface area contributed by atoms with Crippen molar-refractivity contribution in [1.82, 2.24) is 14.6 Å². The summed E-state index contributed by atoms with van der Waals surface area (Å²) in [6.45, 7) is 2.58. The molecule has 0 radical (unpaired) electrons. The molecule has 2 heterocycles. The van der Waals surface area contributed by atoms with Crippen LogP contribution < -0.4 is 11.2 Å². The van der Waals surface area contributed by atoms with Crippen LogP contribution in [0.5, 0.6) is 0 Å². The molecule has 1 fully saturated rings. The van der Waals surface area contributed by atoms with Gasteiger partial charge < -0.3 is 30.4 Å². The molecule has 5 atom stereocenters. The predicted octanol–water partition coefficient (Wildman–Crippen LogP) is 2.36. The Bertz CT molecular complexity index is 959. The number of hydrogen-bond donors (Lipinski definition) is 6. The number of aliphatic hydroxyl groups is 4. The van der Waals surface area contributed by atoms with E-state index in [9.17, 15) is 35.2 Å². The molecule has 0 spiro atoms. The third-order valence-electron chi connectivity index (χ3n) is 7.35. The van der Waals surface area contributed by atoms with E-state index in [-0.39, 0.29) is 17.0 Å². The number of ether oxygens (including phenoxy) is 1. The van der Waals surface area contributed by atoms with E-state index >= 15 is 4.39 Å². The maximum absolute atomic E-state index is 15.1. The number of H-pyrrole nitrogens is 1. The van der Waals surface area contributed by atoms with Gasteiger partial charge in [0.1, 0.15) is 12.2 Å². The fourth-order valence-electron chi connectivity index (χ4n) is 4.93. The minimum atomic E-state index is -3.29. The monoisotopic (exact) mass is 547 g/mol. The van der Waals surface area contributed by atoms with Crippen LogP contribution in [0.4, 0.5) is 4.39 Å². The van der Waals surface area contributed by atoms with Gasteiger partial charge in [-0.3, -0.25) is 9.78 Å². The molecule has 1 unspecified atom stereocenters. The zero-order chi connectivity index (χ0) is 28.3. The summed E-state index contributed by atoms with van der Waals surface area (Å²) in [6, 6.07) is 0. The van der Waals surface area contributed by atoms with E-state index in [4.69, 9.17) is 4.74 Å². The van der Waals surface area contributed by atoms with Gasteiger partial charge in [-0.1, -0.05) is 84.0 Å². The molecule has 12 heteroatoms. The van der Waals surface area contributed by atoms with Gasteiger partial charge in [-0.2, -0.15) is 0 Å². The zero-order valence-corrected chi connectivity index (χ0v) is 22.6. The molecule has 1 aromatic heterocycles. The maximum Gasteiger partial charge on any atom is 0.332 e. The lowest BCUT2D eigenvalue weighted by Gasteiger charge is -2.43. The Hall–Kier alpha value is -1.67. The standard InChI is InChI=1S/C26H46FN3O8/c1-3-4-5-6-7-8-9-10-11-12-13-14-15-16-21(27)30(37)25(35)22(32)20(18-31)38-26(25,36)29-17-19(2)23(33)28-24(29)34/h17,20-22,31-32,35-37H,3-16,18H2,1-2H3,(H,28,33,34)/t20-,21?,22-,25-,26+/m1/s1. The molecule has 0 amide bonds. The van der Waals surface area contributed by atoms with Gasteiger partial charge >= 0.3 is 11.6 Å². The highest BCUT2D eigenvalue weighted by atomic mass is 19.1. The van der Waals surface area contributed by atoms with Crippen LogP contribution >= 0.6 is 0 Å². The number of aliphatic hydroxyl groups excluding tert-OH is 2. The number of nitrogens with zero attached hydrogens (tertiary/aromatic N) is 2. The van der Waals surface area contributed by atoms with Crippen LogP contribution in [0.2, 0.25) is 0 Å². The summed E-state index contributed by atoms with van der Waals surface area (Å²) in [4.78, 5) is 26.0. The molecule has 6 N–H and O–H groups in total. The number of hydrogen-bond acceptors (Lipinski definition) is 9. The van der Waals surface area contributed by atoms with Crippen molar-refractivity contribution >= 4 is 0 Å². The number of aryl methyl sites for hydroxylation is 1. The number of halogens is 1. The van der Waals surface area contributed by atoms with Gasteiger partial charge in [0.15, 0.2) is 6.30 Å². The molecular formula is C26H46FN3O8. The molecule has 1 aromatic rings. The molecule has 1 aliphatic heterocycles. The highest BCUT2D eigenvalue weighted by Crippen LogP contribution is 2.44. The maximum atomic E-state index is 15.1. The van der Waals surface area contributed by atoms with E-state index in [0.717, 1.165) is 25.5 Å². The average Bonchev–Trinajstić information content (AvgIpc) is 3.10. The van der Waals surface area contributed by atoms with E-state index < -0.39 is 48.0 Å². The van der Waals surface area contributed by atoms with Gasteiger partial charge in [0, 0.05) is 11.8 Å². The molecule has 0 aliphatic carbocycles. The summed E-state index contributed by atoms with van der Waals surface area (Å²) in [7, 11) is 0. The smallest absolute Gasteiger partial charge is 0.332 e. The lowest BCUT2D eigenvalue weighted by molar-refractivity contribution is -0.428. The Morgan fingerprint density at radius 2 is 1.53 bits per heavy atom. The Kier molecular flexibility index (Phi) is 13.0. The van der Waals surface area contributed by atoms with Gasteiger partial charge in [-0.25, -0.2) is 13.8 Å². The van der Waals surface area contributed by atoms with E-state index in [0.29, 0.717) is 17.4 Å². The van der Waals surface area contributed by atoms with E-state index in [1.165, 1.54) is 58.3 Å². The van der Waals surface area contributed by atoms with Crippen LogP contribution in [0.3, 0.4) is 0 Å². The molecule has 0 aromatic carbocycles. The number of aromatic amines is 1. The molecule has 38 heavy (non-hydrogen) atoms. The van der Waals surface area contributed by atoms with Crippen molar-refractivity contribution in [2.24, 2.45) is 0 Å². The van der Waals surface area contributed by atoms with Gasteiger partial charge in [0.2, 0.25) is 5.72 Å². The van der Waals surface area contributed by atoms with Crippen LogP contribution in [-0.4, -0.2) is 71.1 Å². The van der Waals surface area contributed by atoms with Crippen LogP contribution in [0.25, 0.3) is 0 Å². The zero-order valence-electron chi connectivity index (χ0n) is 22.6. The van der Waals surface area contributed by atoms with Crippen molar-refractivity contribution in [2.45, 2.75) is 134 Å². The third-order valence-corrected chi connectivity index (χ3v) is 7.35. The first-order chi connectivity index (χ1) is 18.0. The predicted molar refractivity (Wildman–Crippen MR) is 138 cm³/mol. The van der Waals surface area contributed by atoms with Crippen molar-refractivity contribution < 1.29 is 34.8 Å². The summed E-state index contributed by atoms with van der Waals surface area (Å²) in [5, 5.41) is 52.8. The summed E-state index contributed by atoms with van der Waals surface area (Å²) >= 11 is 0. The van der Waals surface area contributed by atoms with E-state index in [2.05, 4.69) is 6.92 Å². The van der Waals surface area contributed by atoms with Gasteiger partial charge in [0.05, 0.1) is 6.61 Å². The van der Waals surface area contributed by atoms with Crippen molar-refractivity contribution in [3.63, 3.8) is 0 Å². The first-order valence-electron chi connectivity index (χ1n) is 13.9. The summed E-state index contributed by atoms with van der Waals surface area (Å²) in [5.41, 5.74) is -5.38. The molecular weight excluding hydrogens is 501 g/mol. The molecule has 1 aliphatic rings. The highest BCUT2D eigenvalue weighted by molar-refractivity contribution is 5.09. The largest absolute Gasteiger partial charge is 0.394 e. The number of aromatic nitrogens is 2. The first-order valence-corrected chi connectivity index (χ1v) is 13.9. The number of unbranched alkanes of at least 4 members (excludes halogenated alkanes) is 12. The number of nitrogens with one attached hydrogen (secondary N) is 1. The first kappa shape index (κ1) is 32.5. The van der Waals surface area contributed by atoms with Crippen LogP contribution in [0, 0.1) is 6.92 Å². The van der Waals surface area contributed by atoms with Gasteiger partial charge in [-0.15, -0.1) is 5.06 Å². The Morgan fingerprint density at radius 1 is 1.03 bits per heavy atom. The molecule has 0 bridgehead atoms. The summed E-state index contributed by atoms with van der Waals surface area (Å²) in [5.74, 6) is -3.24. The highest BCUT2D eigenvalue weighted by Gasteiger charge is 2.71. The topological polar surface area (TPSA) is 168 Å². The van der Waals surface area contributed by atoms with Crippen molar-refractivity contribution in [3.05, 3.63) is 32.6 Å². The summed E-state index contributed by atoms with van der Waals surface area (Å²) in [6.07, 6.45) is 8.62. The van der Waals surface area contributed by atoms with Crippen molar-refractivity contribution in [1.29, 1.82) is 0 Å². The second-order valence-electron chi connectivity index (χ2n) is 10.4. The lowest BCUT2D eigenvalue weighted by Crippen LogP contribution is -2.69. The normalized spacial score (nSPS) is 26.3. The van der Waals surface area contributed by atoms with Crippen LogP contribution in [-0.2, 0) is 10.6 Å². The lowest BCUT2D eigenvalue weighted by atomic mass is 9.99. The number of rotatable bonds is 18. The average molecular weight is 548 g/mol. The molecule has 1 saturated heterocycles. The quantitative estimate of drug-likeness (QED) is 0.0699. The van der Waals surface area contributed by atoms with E-state index in [1.807, 2.05) is 4.98 Å². The molecule has 11 nitrogen and oxygen atoms in total. The van der Waals surface area contributed by atoms with E-state index in [1.54, 1.807) is 0 Å². The minimum absolute atomic E-state index is 0.0702. The molecule has 2 rings (SSSR count). The third kappa shape index (κ3) is 7.50. The molecule has 220 valence electrons. The van der Waals surface area contributed by atoms with Gasteiger partial charge in [-0.05, 0) is 19.8 Å². The van der Waals surface area contributed by atoms with Gasteiger partial charge in [0.25, 0.3) is 5.56 Å². The fraction of sp³-hybridized carbons (Fsp3) is 0.846. The number of hydroxylamine groups is 2. The van der Waals surface area contributed by atoms with Crippen molar-refractivity contribution in [2.75, 3.05) is 6.61 Å². The van der Waals surface area contributed by atoms with Crippen LogP contribution in [0.1, 0.15) is 102 Å². The second kappa shape index (κ2) is 15.2. The Morgan fingerprint density at radius 3 is 2.03 bits per heavy atom.